The van der Waals surface area contributed by atoms with Gasteiger partial charge in [0.05, 0.1) is 0 Å². The van der Waals surface area contributed by atoms with Gasteiger partial charge in [-0.25, -0.2) is 29.9 Å². The average molecular weight is 1870 g/mol. The van der Waals surface area contributed by atoms with Gasteiger partial charge in [-0.2, -0.15) is 0 Å². The molecule has 2 N–H and O–H groups in total. The van der Waals surface area contributed by atoms with Gasteiger partial charge in [-0.3, -0.25) is 0 Å². The van der Waals surface area contributed by atoms with Crippen molar-refractivity contribution in [3.05, 3.63) is 416 Å². The summed E-state index contributed by atoms with van der Waals surface area (Å²) in [5, 5.41) is 2.54. The Morgan fingerprint density at radius 3 is 0.517 bits per heavy atom. The van der Waals surface area contributed by atoms with E-state index < -0.39 is 28.5 Å². The Morgan fingerprint density at radius 1 is 0.193 bits per heavy atom. The third-order valence-corrected chi connectivity index (χ3v) is 26.1. The van der Waals surface area contributed by atoms with E-state index in [1.807, 2.05) is 231 Å². The summed E-state index contributed by atoms with van der Waals surface area (Å²) in [6.45, 7) is 21.9. The molecule has 6 aliphatic heterocycles. The largest absolute Gasteiger partial charge is 0.632 e. The second-order valence-corrected chi connectivity index (χ2v) is 39.6. The van der Waals surface area contributed by atoms with Gasteiger partial charge in [-0.05, 0) is 258 Å². The minimum atomic E-state index is -0.830. The molecule has 0 radical (unpaired) electrons. The summed E-state index contributed by atoms with van der Waals surface area (Å²) in [5.74, 6) is 51.4. The van der Waals surface area contributed by atoms with E-state index >= 15 is 0 Å². The molecule has 16 nitrogen and oxygen atoms in total. The van der Waals surface area contributed by atoms with Crippen molar-refractivity contribution >= 4 is 94.5 Å². The Bertz CT molecular complexity index is 8610. The molecule has 15 aromatic carbocycles. The van der Waals surface area contributed by atoms with E-state index in [4.69, 9.17) is 67.1 Å². The van der Waals surface area contributed by atoms with Crippen LogP contribution in [0, 0.1) is 89.8 Å². The number of fused-ring (bicyclic) bond motifs is 24. The smallest absolute Gasteiger partial charge is 0.519 e. The second kappa shape index (κ2) is 36.2. The number of aromatic nitrogens is 8. The minimum absolute atomic E-state index is 0.0675. The monoisotopic (exact) mass is 1870 g/mol. The molecule has 6 aliphatic rings. The maximum atomic E-state index is 6.80. The number of hydrogen-bond donors (Lipinski definition) is 2. The number of benzene rings is 15. The Balaban J connectivity index is 0.577. The SMILES string of the molecule is Cc1ccc(C#Cc2ccc(B3Oc4cc5c6nc7nc(nc8[nH]c(nc9nc(nc([nH]6)c5cc4O3)-c3cc4c(cc3-9)OB(c3ccc(C#Cc5ccc(C#Cc6ccc(C(C)(C)C)cc6)cc5)cc3)O4)c3cc4c(cc83)OB(c3ccc(C#Cc5ccc(C#Cc6ccc(C(C)(C)C)cc6)cc5)cc3)O4)-c3cc4c(cc3-7)OB(c3ccc(C#Cc5ccc(C#Cc6ccc(C(C)(C)C)cc6)cc5)cc3)O4)cc2)cc1. The number of nitrogens with one attached hydrogen (secondary N) is 2. The predicted molar refractivity (Wildman–Crippen MR) is 576 cm³/mol. The molecule has 684 valence electrons. The van der Waals surface area contributed by atoms with Crippen LogP contribution in [0.25, 0.3) is 89.7 Å². The van der Waals surface area contributed by atoms with Crippen LogP contribution in [0.1, 0.15) is 162 Å². The molecule has 145 heavy (non-hydrogen) atoms. The zero-order valence-electron chi connectivity index (χ0n) is 80.8. The maximum Gasteiger partial charge on any atom is 0.632 e. The molecule has 0 fully saturated rings. The van der Waals surface area contributed by atoms with Crippen LogP contribution in [-0.2, 0) is 16.2 Å². The molecule has 3 aromatic heterocycles. The van der Waals surface area contributed by atoms with Gasteiger partial charge in [-0.1, -0.05) is 248 Å². The van der Waals surface area contributed by atoms with E-state index in [2.05, 4.69) is 247 Å². The highest BCUT2D eigenvalue weighted by molar-refractivity contribution is 6.65. The first-order valence-corrected chi connectivity index (χ1v) is 48.0. The predicted octanol–water partition coefficient (Wildman–Crippen LogP) is 21.5. The molecule has 0 saturated carbocycles. The van der Waals surface area contributed by atoms with Crippen LogP contribution in [0.3, 0.4) is 0 Å². The number of aromatic amines is 2. The van der Waals surface area contributed by atoms with Crippen molar-refractivity contribution in [3.8, 4) is 174 Å². The van der Waals surface area contributed by atoms with Crippen LogP contribution in [0.5, 0.6) is 46.0 Å². The zero-order valence-corrected chi connectivity index (χ0v) is 80.8. The fourth-order valence-electron chi connectivity index (χ4n) is 17.7. The molecular weight excluding hydrogens is 1780 g/mol. The molecule has 9 heterocycles. The standard InChI is InChI=1S/C125H84B4N8O8/c1-77-11-13-78(14-12-77)15-37-88-47-61-95(62-48-88)126-138-107-69-99-100(70-108(107)139-126)116-130-115(99)131-117-101-71-109-111(142-127(140-109)96-63-49-89(50-64-96)38-31-82-22-16-79(17-23-82)28-34-85-41-55-92(56-42-85)123(2,3)4)73-103(101)119(133-117)135-121-105-75-113-114(145-129(144-113)98-67-53-91(54-68-98)40-33-84-26-20-81(21-27-84)30-36-87-45-59-94(60-46-87)125(8,9)10)76-106(105)122(137-121)136-120-104-74-112-110(72-102(104)118(132-116)134-120)141-128(143-112)97-65-51-90(52-66-97)39-32-83-24-18-80(19-25-83)29-35-86-43-57-93(58-44-86)124(5,6)7/h11-14,16-27,41-76H,1-10H3,(H2,130,131,132,133,134,135,136,137). The van der Waals surface area contributed by atoms with E-state index in [1.54, 1.807) is 0 Å². The summed E-state index contributed by atoms with van der Waals surface area (Å²) in [6.07, 6.45) is 0. The van der Waals surface area contributed by atoms with Crippen molar-refractivity contribution in [3.63, 3.8) is 0 Å². The Kier molecular flexibility index (Phi) is 22.2. The molecule has 0 unspecified atom stereocenters. The van der Waals surface area contributed by atoms with Crippen LogP contribution in [0.15, 0.2) is 315 Å². The highest BCUT2D eigenvalue weighted by Gasteiger charge is 2.41. The van der Waals surface area contributed by atoms with Crippen LogP contribution in [0.4, 0.5) is 0 Å². The number of aryl methyl sites for hydroxylation is 1. The van der Waals surface area contributed by atoms with Gasteiger partial charge in [0.25, 0.3) is 0 Å². The average Bonchev–Trinajstić information content (AvgIpc) is 1.58. The quantitative estimate of drug-likeness (QED) is 0.125. The van der Waals surface area contributed by atoms with E-state index in [9.17, 15) is 0 Å². The highest BCUT2D eigenvalue weighted by Crippen LogP contribution is 2.49. The molecule has 0 spiro atoms. The van der Waals surface area contributed by atoms with Gasteiger partial charge < -0.3 is 47.2 Å². The first-order valence-electron chi connectivity index (χ1n) is 48.0. The summed E-state index contributed by atoms with van der Waals surface area (Å²) in [4.78, 5) is 40.0. The molecule has 0 saturated heterocycles. The Morgan fingerprint density at radius 2 is 0.345 bits per heavy atom. The fraction of sp³-hybridized carbons (Fsp3) is 0.104. The van der Waals surface area contributed by atoms with E-state index in [0.29, 0.717) is 136 Å². The fourth-order valence-corrected chi connectivity index (χ4v) is 17.7. The van der Waals surface area contributed by atoms with Gasteiger partial charge in [0, 0.05) is 144 Å². The van der Waals surface area contributed by atoms with Gasteiger partial charge in [0.2, 0.25) is 0 Å². The van der Waals surface area contributed by atoms with Crippen molar-refractivity contribution in [2.45, 2.75) is 85.5 Å². The number of rotatable bonds is 4. The molecule has 18 aromatic rings. The zero-order chi connectivity index (χ0) is 98.4. The first kappa shape index (κ1) is 88.9. The second-order valence-electron chi connectivity index (χ2n) is 39.6. The summed E-state index contributed by atoms with van der Waals surface area (Å²) in [7, 11) is -3.29. The van der Waals surface area contributed by atoms with E-state index in [1.165, 1.54) is 22.3 Å². The van der Waals surface area contributed by atoms with Crippen LogP contribution in [0.2, 0.25) is 0 Å². The molecule has 20 heteroatoms. The van der Waals surface area contributed by atoms with Crippen molar-refractivity contribution < 1.29 is 37.2 Å². The lowest BCUT2D eigenvalue weighted by molar-refractivity contribution is 0.518. The lowest BCUT2D eigenvalue weighted by Gasteiger charge is -2.18. The summed E-state index contributed by atoms with van der Waals surface area (Å²) >= 11 is 0. The summed E-state index contributed by atoms with van der Waals surface area (Å²) < 4.78 is 54.3. The molecule has 0 amide bonds. The molecule has 0 atom stereocenters. The highest BCUT2D eigenvalue weighted by atomic mass is 16.6. The summed E-state index contributed by atoms with van der Waals surface area (Å²) in [5.41, 5.74) is 24.7. The number of H-pyrrole nitrogens is 2. The third kappa shape index (κ3) is 18.5. The van der Waals surface area contributed by atoms with E-state index in [-0.39, 0.29) is 16.2 Å². The third-order valence-electron chi connectivity index (χ3n) is 26.1. The molecule has 24 rings (SSSR count). The van der Waals surface area contributed by atoms with Crippen LogP contribution < -0.4 is 59.1 Å². The molecule has 8 bridgehead atoms. The Labute approximate surface area is 841 Å². The van der Waals surface area contributed by atoms with Gasteiger partial charge >= 0.3 is 28.5 Å². The van der Waals surface area contributed by atoms with Crippen LogP contribution in [-0.4, -0.2) is 68.3 Å². The van der Waals surface area contributed by atoms with E-state index in [0.717, 1.165) is 99.7 Å². The number of hydrogen-bond acceptors (Lipinski definition) is 14. The Hall–Kier alpha value is -18.8. The molecular formula is C125H84B4N8O8. The summed E-state index contributed by atoms with van der Waals surface area (Å²) in [6, 6.07) is 104. The van der Waals surface area contributed by atoms with Crippen molar-refractivity contribution in [2.24, 2.45) is 0 Å². The van der Waals surface area contributed by atoms with Crippen molar-refractivity contribution in [1.29, 1.82) is 0 Å². The normalized spacial score (nSPS) is 12.5. The van der Waals surface area contributed by atoms with Crippen molar-refractivity contribution in [2.75, 3.05) is 0 Å². The minimum Gasteiger partial charge on any atom is -0.519 e. The van der Waals surface area contributed by atoms with Gasteiger partial charge in [-0.15, -0.1) is 0 Å². The lowest BCUT2D eigenvalue weighted by Crippen LogP contribution is -2.38. The van der Waals surface area contributed by atoms with Gasteiger partial charge in [0.15, 0.2) is 23.3 Å². The number of nitrogens with zero attached hydrogens (tertiary/aromatic N) is 6. The van der Waals surface area contributed by atoms with Gasteiger partial charge in [0.1, 0.15) is 68.6 Å². The maximum absolute atomic E-state index is 6.80. The first-order chi connectivity index (χ1) is 70.4. The topological polar surface area (TPSA) is 183 Å². The molecule has 0 aliphatic carbocycles. The lowest BCUT2D eigenvalue weighted by atomic mass is 9.79. The van der Waals surface area contributed by atoms with Crippen molar-refractivity contribution in [1.82, 2.24) is 39.9 Å². The van der Waals surface area contributed by atoms with Crippen LogP contribution >= 0.6 is 0 Å².